The molecule has 0 bridgehead atoms. The number of nitrogens with one attached hydrogen (secondary N) is 1. The maximum absolute atomic E-state index is 11.0. The van der Waals surface area contributed by atoms with Crippen LogP contribution in [0.5, 0.6) is 0 Å². The van der Waals surface area contributed by atoms with Crippen molar-refractivity contribution in [1.29, 1.82) is 0 Å². The lowest BCUT2D eigenvalue weighted by Gasteiger charge is -2.30. The summed E-state index contributed by atoms with van der Waals surface area (Å²) in [6.07, 6.45) is 1.22. The third kappa shape index (κ3) is 1.27. The van der Waals surface area contributed by atoms with E-state index in [0.717, 1.165) is 13.1 Å². The third-order valence-corrected chi connectivity index (χ3v) is 1.95. The van der Waals surface area contributed by atoms with E-state index in [0.29, 0.717) is 12.8 Å². The van der Waals surface area contributed by atoms with Gasteiger partial charge in [-0.25, -0.2) is 0 Å². The zero-order valence-electron chi connectivity index (χ0n) is 6.81. The lowest BCUT2D eigenvalue weighted by molar-refractivity contribution is -0.123. The summed E-state index contributed by atoms with van der Waals surface area (Å²) < 4.78 is 6.67. The summed E-state index contributed by atoms with van der Waals surface area (Å²) in [5.41, 5.74) is 6.76. The van der Waals surface area contributed by atoms with E-state index in [1.165, 1.54) is 0 Å². The first-order chi connectivity index (χ1) is 5.19. The highest BCUT2D eigenvalue weighted by atomic mass is 16.1. The molecule has 0 aromatic carbocycles. The van der Waals surface area contributed by atoms with Crippen molar-refractivity contribution in [3.63, 3.8) is 0 Å². The van der Waals surface area contributed by atoms with Crippen molar-refractivity contribution >= 4 is 5.91 Å². The lowest BCUT2D eigenvalue weighted by Crippen LogP contribution is -2.57. The van der Waals surface area contributed by atoms with Crippen LogP contribution in [-0.4, -0.2) is 24.5 Å². The first-order valence-electron chi connectivity index (χ1n) is 3.91. The average molecular weight is 144 g/mol. The van der Waals surface area contributed by atoms with Crippen molar-refractivity contribution in [2.45, 2.75) is 18.4 Å². The number of carbonyl (C=O) groups excluding carboxylic acids is 1. The minimum absolute atomic E-state index is 0.376. The molecular weight excluding hydrogens is 130 g/mol. The summed E-state index contributed by atoms with van der Waals surface area (Å²) in [4.78, 5) is 11.0. The van der Waals surface area contributed by atoms with Gasteiger partial charge in [-0.1, -0.05) is 0 Å². The SMILES string of the molecule is [2H]NC(=O)C1(N)CCNCC1. The first-order valence-corrected chi connectivity index (χ1v) is 3.41. The van der Waals surface area contributed by atoms with Crippen molar-refractivity contribution < 1.29 is 6.21 Å². The normalized spacial score (nSPS) is 25.1. The van der Waals surface area contributed by atoms with Gasteiger partial charge in [0.25, 0.3) is 0 Å². The van der Waals surface area contributed by atoms with Gasteiger partial charge in [-0.15, -0.1) is 0 Å². The van der Waals surface area contributed by atoms with Gasteiger partial charge < -0.3 is 16.8 Å². The first kappa shape index (κ1) is 6.12. The fourth-order valence-electron chi connectivity index (χ4n) is 1.10. The number of amides is 1. The molecule has 0 radical (unpaired) electrons. The molecule has 1 aliphatic heterocycles. The molecule has 0 aromatic heterocycles. The molecule has 0 aliphatic carbocycles. The van der Waals surface area contributed by atoms with E-state index < -0.39 is 5.54 Å². The van der Waals surface area contributed by atoms with E-state index in [1.54, 1.807) is 0 Å². The number of primary amides is 1. The summed E-state index contributed by atoms with van der Waals surface area (Å²) in [6, 6.07) is 0. The van der Waals surface area contributed by atoms with Crippen LogP contribution in [0.3, 0.4) is 0 Å². The maximum atomic E-state index is 11.0. The fraction of sp³-hybridized carbons (Fsp3) is 0.833. The Bertz CT molecular complexity index is 156. The number of rotatable bonds is 1. The van der Waals surface area contributed by atoms with Gasteiger partial charge in [0.15, 0.2) is 1.41 Å². The monoisotopic (exact) mass is 144 g/mol. The van der Waals surface area contributed by atoms with Crippen LogP contribution in [-0.2, 0) is 4.79 Å². The molecular formula is C6H13N3O. The van der Waals surface area contributed by atoms with Crippen LogP contribution >= 0.6 is 0 Å². The fourth-order valence-corrected chi connectivity index (χ4v) is 1.10. The van der Waals surface area contributed by atoms with Crippen molar-refractivity contribution in [2.75, 3.05) is 13.1 Å². The van der Waals surface area contributed by atoms with E-state index in [9.17, 15) is 4.79 Å². The van der Waals surface area contributed by atoms with Crippen LogP contribution in [0.25, 0.3) is 0 Å². The summed E-state index contributed by atoms with van der Waals surface area (Å²) in [5, 5.41) is 3.10. The Morgan fingerprint density at radius 1 is 1.60 bits per heavy atom. The number of hydrogen-bond acceptors (Lipinski definition) is 3. The molecule has 1 amide bonds. The van der Waals surface area contributed by atoms with Gasteiger partial charge in [-0.3, -0.25) is 4.79 Å². The van der Waals surface area contributed by atoms with Crippen LogP contribution in [0, 0.1) is 0 Å². The molecule has 1 fully saturated rings. The highest BCUT2D eigenvalue weighted by molar-refractivity contribution is 5.84. The third-order valence-electron chi connectivity index (χ3n) is 1.95. The van der Waals surface area contributed by atoms with Gasteiger partial charge in [0.1, 0.15) is 0 Å². The summed E-state index contributed by atoms with van der Waals surface area (Å²) in [5.74, 6) is -0.376. The van der Waals surface area contributed by atoms with E-state index in [-0.39, 0.29) is 5.91 Å². The van der Waals surface area contributed by atoms with Crippen molar-refractivity contribution in [2.24, 2.45) is 11.5 Å². The quantitative estimate of drug-likeness (QED) is 0.421. The Morgan fingerprint density at radius 2 is 2.20 bits per heavy atom. The summed E-state index contributed by atoms with van der Waals surface area (Å²) in [6.45, 7) is 1.51. The van der Waals surface area contributed by atoms with Crippen molar-refractivity contribution in [1.82, 2.24) is 5.32 Å². The molecule has 10 heavy (non-hydrogen) atoms. The van der Waals surface area contributed by atoms with Crippen LogP contribution < -0.4 is 16.8 Å². The van der Waals surface area contributed by atoms with Gasteiger partial charge in [0.05, 0.1) is 5.54 Å². The Morgan fingerprint density at radius 3 is 2.70 bits per heavy atom. The van der Waals surface area contributed by atoms with E-state index in [1.807, 2.05) is 5.73 Å². The molecule has 0 atom stereocenters. The van der Waals surface area contributed by atoms with Crippen LogP contribution in [0.2, 0.25) is 1.41 Å². The van der Waals surface area contributed by atoms with E-state index in [4.69, 9.17) is 7.15 Å². The van der Waals surface area contributed by atoms with Gasteiger partial charge in [0, 0.05) is 0 Å². The van der Waals surface area contributed by atoms with Gasteiger partial charge in [-0.05, 0) is 25.9 Å². The lowest BCUT2D eigenvalue weighted by atomic mass is 9.89. The van der Waals surface area contributed by atoms with Crippen LogP contribution in [0.15, 0.2) is 0 Å². The Hall–Kier alpha value is -0.610. The molecule has 4 heteroatoms. The number of piperidine rings is 1. The minimum atomic E-state index is -0.812. The predicted molar refractivity (Wildman–Crippen MR) is 38.2 cm³/mol. The molecule has 1 heterocycles. The van der Waals surface area contributed by atoms with E-state index in [2.05, 4.69) is 5.32 Å². The smallest absolute Gasteiger partial charge is 0.237 e. The number of nitrogens with two attached hydrogens (primary N) is 2. The van der Waals surface area contributed by atoms with Gasteiger partial charge in [0.2, 0.25) is 5.91 Å². The topological polar surface area (TPSA) is 81.1 Å². The number of hydrogen-bond donors (Lipinski definition) is 3. The molecule has 4 nitrogen and oxygen atoms in total. The average Bonchev–Trinajstić information content (AvgIpc) is 2.04. The van der Waals surface area contributed by atoms with Crippen LogP contribution in [0.1, 0.15) is 12.8 Å². The molecule has 0 saturated carbocycles. The molecule has 1 saturated heterocycles. The second-order valence-corrected chi connectivity index (χ2v) is 2.74. The molecule has 0 spiro atoms. The Kier molecular flexibility index (Phi) is 1.56. The predicted octanol–water partition coefficient (Wildman–Crippen LogP) is -1.45. The maximum Gasteiger partial charge on any atom is 0.237 e. The highest BCUT2D eigenvalue weighted by Crippen LogP contribution is 2.13. The number of carbonyl (C=O) groups is 1. The summed E-state index contributed by atoms with van der Waals surface area (Å²) in [7, 11) is 0. The highest BCUT2D eigenvalue weighted by Gasteiger charge is 2.32. The molecule has 1 rings (SSSR count). The van der Waals surface area contributed by atoms with E-state index >= 15 is 0 Å². The minimum Gasteiger partial charge on any atom is -0.368 e. The second-order valence-electron chi connectivity index (χ2n) is 2.74. The Balaban J connectivity index is 2.56. The molecule has 0 aromatic rings. The summed E-state index contributed by atoms with van der Waals surface area (Å²) >= 11 is 0. The van der Waals surface area contributed by atoms with Gasteiger partial charge >= 0.3 is 0 Å². The Labute approximate surface area is 61.4 Å². The largest absolute Gasteiger partial charge is 0.368 e. The molecule has 58 valence electrons. The van der Waals surface area contributed by atoms with Gasteiger partial charge in [-0.2, -0.15) is 0 Å². The zero-order valence-corrected chi connectivity index (χ0v) is 5.81. The second kappa shape index (κ2) is 2.56. The van der Waals surface area contributed by atoms with Crippen LogP contribution in [0.4, 0.5) is 0 Å². The molecule has 1 aliphatic rings. The standard InChI is InChI=1S/C6H13N3O/c7-5(10)6(8)1-3-9-4-2-6/h9H,1-4,8H2,(H2,7,10)/i/hD. The van der Waals surface area contributed by atoms with Crippen molar-refractivity contribution in [3.8, 4) is 0 Å². The zero-order chi connectivity index (χ0) is 8.32. The molecule has 5 N–H and O–H groups in total. The molecule has 0 unspecified atom stereocenters. The van der Waals surface area contributed by atoms with Crippen molar-refractivity contribution in [3.05, 3.63) is 0 Å².